The van der Waals surface area contributed by atoms with Crippen LogP contribution in [0.3, 0.4) is 0 Å². The van der Waals surface area contributed by atoms with Gasteiger partial charge < -0.3 is 5.32 Å². The molecule has 0 aliphatic rings. The van der Waals surface area contributed by atoms with Crippen molar-refractivity contribution in [3.05, 3.63) is 45.6 Å². The summed E-state index contributed by atoms with van der Waals surface area (Å²) in [7, 11) is 0. The van der Waals surface area contributed by atoms with Crippen LogP contribution in [0.1, 0.15) is 5.01 Å². The average Bonchev–Trinajstić information content (AvgIpc) is 2.70. The molecular formula is C10H8ClFN2S. The largest absolute Gasteiger partial charge is 0.375 e. The van der Waals surface area contributed by atoms with Crippen LogP contribution in [0, 0.1) is 5.82 Å². The number of aromatic nitrogens is 1. The van der Waals surface area contributed by atoms with Crippen LogP contribution in [0.25, 0.3) is 0 Å². The summed E-state index contributed by atoms with van der Waals surface area (Å²) in [6.45, 7) is 0.484. The second-order valence-corrected chi connectivity index (χ2v) is 4.26. The number of benzene rings is 1. The molecule has 1 heterocycles. The van der Waals surface area contributed by atoms with E-state index in [0.29, 0.717) is 17.3 Å². The quantitative estimate of drug-likeness (QED) is 0.891. The highest BCUT2D eigenvalue weighted by Crippen LogP contribution is 2.25. The van der Waals surface area contributed by atoms with E-state index in [2.05, 4.69) is 10.3 Å². The second kappa shape index (κ2) is 4.59. The van der Waals surface area contributed by atoms with Crippen LogP contribution in [0.2, 0.25) is 5.02 Å². The third kappa shape index (κ3) is 2.46. The molecule has 0 aliphatic carbocycles. The summed E-state index contributed by atoms with van der Waals surface area (Å²) < 4.78 is 13.3. The number of nitrogens with zero attached hydrogens (tertiary/aromatic N) is 1. The molecule has 0 bridgehead atoms. The molecule has 0 radical (unpaired) electrons. The van der Waals surface area contributed by atoms with Crippen molar-refractivity contribution in [1.82, 2.24) is 4.98 Å². The third-order valence-corrected chi connectivity index (χ3v) is 2.96. The zero-order valence-electron chi connectivity index (χ0n) is 7.71. The lowest BCUT2D eigenvalue weighted by Crippen LogP contribution is -2.01. The van der Waals surface area contributed by atoms with Crippen LogP contribution in [-0.2, 0) is 6.54 Å². The predicted molar refractivity (Wildman–Crippen MR) is 60.9 cm³/mol. The van der Waals surface area contributed by atoms with E-state index in [1.54, 1.807) is 18.3 Å². The van der Waals surface area contributed by atoms with Crippen molar-refractivity contribution in [3.8, 4) is 0 Å². The van der Waals surface area contributed by atoms with Crippen molar-refractivity contribution in [1.29, 1.82) is 0 Å². The van der Waals surface area contributed by atoms with Gasteiger partial charge in [0.05, 0.1) is 17.3 Å². The topological polar surface area (TPSA) is 24.9 Å². The Bertz CT molecular complexity index is 424. The fourth-order valence-corrected chi connectivity index (χ4v) is 1.96. The highest BCUT2D eigenvalue weighted by atomic mass is 35.5. The number of para-hydroxylation sites is 1. The van der Waals surface area contributed by atoms with Gasteiger partial charge in [0.25, 0.3) is 0 Å². The standard InChI is InChI=1S/C10H8ClFN2S/c11-7-2-1-3-8(12)10(7)14-6-9-13-4-5-15-9/h1-5,14H,6H2. The Hall–Kier alpha value is -1.13. The normalized spacial score (nSPS) is 10.3. The van der Waals surface area contributed by atoms with Crippen molar-refractivity contribution in [2.75, 3.05) is 5.32 Å². The molecule has 15 heavy (non-hydrogen) atoms. The number of anilines is 1. The molecule has 5 heteroatoms. The van der Waals surface area contributed by atoms with Gasteiger partial charge in [0, 0.05) is 11.6 Å². The van der Waals surface area contributed by atoms with Gasteiger partial charge in [0.15, 0.2) is 0 Å². The minimum Gasteiger partial charge on any atom is -0.375 e. The first kappa shape index (κ1) is 10.4. The van der Waals surface area contributed by atoms with Gasteiger partial charge in [-0.3, -0.25) is 0 Å². The maximum Gasteiger partial charge on any atom is 0.147 e. The molecule has 78 valence electrons. The van der Waals surface area contributed by atoms with Gasteiger partial charge >= 0.3 is 0 Å². The molecule has 0 amide bonds. The SMILES string of the molecule is Fc1cccc(Cl)c1NCc1nccs1. The van der Waals surface area contributed by atoms with Gasteiger partial charge in [-0.2, -0.15) is 0 Å². The van der Waals surface area contributed by atoms with E-state index in [1.165, 1.54) is 17.4 Å². The van der Waals surface area contributed by atoms with Crippen molar-refractivity contribution in [2.24, 2.45) is 0 Å². The highest BCUT2D eigenvalue weighted by molar-refractivity contribution is 7.09. The Morgan fingerprint density at radius 3 is 3.00 bits per heavy atom. The van der Waals surface area contributed by atoms with Crippen molar-refractivity contribution in [2.45, 2.75) is 6.54 Å². The molecule has 0 saturated heterocycles. The number of thiazole rings is 1. The van der Waals surface area contributed by atoms with E-state index in [4.69, 9.17) is 11.6 Å². The van der Waals surface area contributed by atoms with Crippen LogP contribution in [0.4, 0.5) is 10.1 Å². The maximum absolute atomic E-state index is 13.3. The van der Waals surface area contributed by atoms with Crippen molar-refractivity contribution in [3.63, 3.8) is 0 Å². The lowest BCUT2D eigenvalue weighted by Gasteiger charge is -2.07. The first-order chi connectivity index (χ1) is 7.27. The summed E-state index contributed by atoms with van der Waals surface area (Å²) in [5.41, 5.74) is 0.328. The summed E-state index contributed by atoms with van der Waals surface area (Å²) >= 11 is 7.36. The molecule has 0 spiro atoms. The van der Waals surface area contributed by atoms with E-state index in [1.807, 2.05) is 5.38 Å². The Kier molecular flexibility index (Phi) is 3.18. The second-order valence-electron chi connectivity index (χ2n) is 2.88. The zero-order chi connectivity index (χ0) is 10.7. The van der Waals surface area contributed by atoms with Gasteiger partial charge in [-0.05, 0) is 12.1 Å². The Morgan fingerprint density at radius 2 is 2.33 bits per heavy atom. The van der Waals surface area contributed by atoms with Crippen LogP contribution in [0.15, 0.2) is 29.8 Å². The molecular weight excluding hydrogens is 235 g/mol. The average molecular weight is 243 g/mol. The Morgan fingerprint density at radius 1 is 1.47 bits per heavy atom. The van der Waals surface area contributed by atoms with Crippen LogP contribution >= 0.6 is 22.9 Å². The molecule has 1 aromatic heterocycles. The number of nitrogens with one attached hydrogen (secondary N) is 1. The summed E-state index contributed by atoms with van der Waals surface area (Å²) in [6, 6.07) is 4.59. The molecule has 2 aromatic rings. The molecule has 2 nitrogen and oxygen atoms in total. The summed E-state index contributed by atoms with van der Waals surface area (Å²) in [6.07, 6.45) is 1.71. The van der Waals surface area contributed by atoms with E-state index < -0.39 is 0 Å². The molecule has 0 unspecified atom stereocenters. The summed E-state index contributed by atoms with van der Waals surface area (Å²) in [5, 5.41) is 6.08. The number of halogens is 2. The fraction of sp³-hybridized carbons (Fsp3) is 0.100. The van der Waals surface area contributed by atoms with Gasteiger partial charge in [-0.1, -0.05) is 17.7 Å². The van der Waals surface area contributed by atoms with E-state index in [0.717, 1.165) is 5.01 Å². The van der Waals surface area contributed by atoms with Gasteiger partial charge in [0.2, 0.25) is 0 Å². The van der Waals surface area contributed by atoms with Crippen LogP contribution in [-0.4, -0.2) is 4.98 Å². The molecule has 1 N–H and O–H groups in total. The highest BCUT2D eigenvalue weighted by Gasteiger charge is 2.06. The molecule has 0 atom stereocenters. The minimum absolute atomic E-state index is 0.328. The molecule has 0 saturated carbocycles. The van der Waals surface area contributed by atoms with Crippen LogP contribution in [0.5, 0.6) is 0 Å². The van der Waals surface area contributed by atoms with Gasteiger partial charge in [0.1, 0.15) is 10.8 Å². The predicted octanol–water partition coefficient (Wildman–Crippen LogP) is 3.55. The maximum atomic E-state index is 13.3. The zero-order valence-corrected chi connectivity index (χ0v) is 9.28. The van der Waals surface area contributed by atoms with E-state index in [9.17, 15) is 4.39 Å². The first-order valence-corrected chi connectivity index (χ1v) is 5.59. The first-order valence-electron chi connectivity index (χ1n) is 4.33. The lowest BCUT2D eigenvalue weighted by molar-refractivity contribution is 0.630. The minimum atomic E-state index is -0.348. The summed E-state index contributed by atoms with van der Waals surface area (Å²) in [5.74, 6) is -0.348. The third-order valence-electron chi connectivity index (χ3n) is 1.86. The van der Waals surface area contributed by atoms with E-state index in [-0.39, 0.29) is 5.82 Å². The van der Waals surface area contributed by atoms with E-state index >= 15 is 0 Å². The number of hydrogen-bond acceptors (Lipinski definition) is 3. The van der Waals surface area contributed by atoms with Crippen molar-refractivity contribution >= 4 is 28.6 Å². The van der Waals surface area contributed by atoms with Crippen LogP contribution < -0.4 is 5.32 Å². The molecule has 2 rings (SSSR count). The lowest BCUT2D eigenvalue weighted by atomic mass is 10.3. The monoisotopic (exact) mass is 242 g/mol. The smallest absolute Gasteiger partial charge is 0.147 e. The number of hydrogen-bond donors (Lipinski definition) is 1. The Labute approximate surface area is 95.7 Å². The molecule has 1 aromatic carbocycles. The fourth-order valence-electron chi connectivity index (χ4n) is 1.17. The van der Waals surface area contributed by atoms with Gasteiger partial charge in [-0.25, -0.2) is 9.37 Å². The Balaban J connectivity index is 2.11. The van der Waals surface area contributed by atoms with Crippen molar-refractivity contribution < 1.29 is 4.39 Å². The number of rotatable bonds is 3. The molecule has 0 aliphatic heterocycles. The molecule has 0 fully saturated rings. The van der Waals surface area contributed by atoms with Gasteiger partial charge in [-0.15, -0.1) is 11.3 Å². The summed E-state index contributed by atoms with van der Waals surface area (Å²) in [4.78, 5) is 4.08.